The van der Waals surface area contributed by atoms with E-state index in [0.29, 0.717) is 18.8 Å². The van der Waals surface area contributed by atoms with Crippen LogP contribution in [0, 0.1) is 17.8 Å². The van der Waals surface area contributed by atoms with E-state index < -0.39 is 17.7 Å². The average Bonchev–Trinajstić information content (AvgIpc) is 2.90. The van der Waals surface area contributed by atoms with E-state index in [2.05, 4.69) is 40.7 Å². The lowest BCUT2D eigenvalue weighted by molar-refractivity contribution is -0.141. The lowest BCUT2D eigenvalue weighted by Crippen LogP contribution is -2.24. The smallest absolute Gasteiger partial charge is 0.306 e. The summed E-state index contributed by atoms with van der Waals surface area (Å²) in [4.78, 5) is 11.0. The van der Waals surface area contributed by atoms with Crippen molar-refractivity contribution in [1.29, 1.82) is 0 Å². The van der Waals surface area contributed by atoms with Gasteiger partial charge in [-0.3, -0.25) is 4.79 Å². The van der Waals surface area contributed by atoms with Gasteiger partial charge in [-0.15, -0.1) is 0 Å². The monoisotopic (exact) mass is 576 g/mol. The van der Waals surface area contributed by atoms with Crippen LogP contribution in [0.5, 0.6) is 0 Å². The number of hydrogen-bond acceptors (Lipinski definition) is 4. The molecule has 0 fully saturated rings. The number of aliphatic hydroxyl groups is 2. The Balaban J connectivity index is 2.40. The van der Waals surface area contributed by atoms with E-state index in [-0.39, 0.29) is 11.8 Å². The number of ether oxygens (including phenoxy) is 1. The maximum Gasteiger partial charge on any atom is 0.306 e. The number of carboxylic acids is 1. The van der Waals surface area contributed by atoms with Crippen molar-refractivity contribution in [3.05, 3.63) is 34.6 Å². The molecule has 0 heterocycles. The van der Waals surface area contributed by atoms with E-state index in [0.717, 1.165) is 70.2 Å². The van der Waals surface area contributed by atoms with Gasteiger partial charge in [-0.25, -0.2) is 0 Å². The molecule has 5 nitrogen and oxygen atoms in total. The van der Waals surface area contributed by atoms with Crippen LogP contribution in [0.2, 0.25) is 0 Å². The summed E-state index contributed by atoms with van der Waals surface area (Å²) < 4.78 is 6.33. The summed E-state index contributed by atoms with van der Waals surface area (Å²) >= 11 is 0. The molecule has 0 radical (unpaired) electrons. The van der Waals surface area contributed by atoms with Gasteiger partial charge >= 0.3 is 5.97 Å². The zero-order chi connectivity index (χ0) is 30.8. The Morgan fingerprint density at radius 3 is 2.39 bits per heavy atom. The molecule has 0 aromatic rings. The van der Waals surface area contributed by atoms with E-state index in [4.69, 9.17) is 9.84 Å². The van der Waals surface area contributed by atoms with Gasteiger partial charge in [0.2, 0.25) is 0 Å². The molecule has 41 heavy (non-hydrogen) atoms. The number of aliphatic carboxylic acids is 1. The normalized spacial score (nSPS) is 20.9. The molecule has 5 atom stereocenters. The van der Waals surface area contributed by atoms with Gasteiger partial charge in [-0.05, 0) is 115 Å². The molecule has 0 aliphatic heterocycles. The predicted octanol–water partition coefficient (Wildman–Crippen LogP) is 9.53. The molecule has 0 spiro atoms. The summed E-state index contributed by atoms with van der Waals surface area (Å²) in [5.74, 6) is 0.618. The van der Waals surface area contributed by atoms with Gasteiger partial charge < -0.3 is 20.1 Å². The van der Waals surface area contributed by atoms with E-state index in [9.17, 15) is 15.0 Å². The maximum atomic E-state index is 11.0. The van der Waals surface area contributed by atoms with E-state index in [1.807, 2.05) is 13.0 Å². The van der Waals surface area contributed by atoms with E-state index in [1.165, 1.54) is 48.8 Å². The number of unbranched alkanes of at least 4 members (excludes halogenated alkanes) is 5. The number of carboxylic acid groups (broad SMARTS) is 1. The maximum absolute atomic E-state index is 11.0. The van der Waals surface area contributed by atoms with Crippen LogP contribution in [0.3, 0.4) is 0 Å². The van der Waals surface area contributed by atoms with Crippen LogP contribution in [0.1, 0.15) is 151 Å². The minimum Gasteiger partial charge on any atom is -0.493 e. The summed E-state index contributed by atoms with van der Waals surface area (Å²) in [6.07, 6.45) is 20.4. The molecule has 0 aromatic carbocycles. The third-order valence-electron chi connectivity index (χ3n) is 9.08. The Labute approximate surface area is 252 Å². The highest BCUT2D eigenvalue weighted by Crippen LogP contribution is 2.34. The van der Waals surface area contributed by atoms with Gasteiger partial charge in [-0.1, -0.05) is 71.4 Å². The molecular weight excluding hydrogens is 512 g/mol. The second-order valence-electron chi connectivity index (χ2n) is 13.4. The number of allylic oxidation sites excluding steroid dienone is 3. The molecule has 0 bridgehead atoms. The molecule has 5 heteroatoms. The van der Waals surface area contributed by atoms with Crippen LogP contribution < -0.4 is 0 Å². The summed E-state index contributed by atoms with van der Waals surface area (Å²) in [7, 11) is 0. The van der Waals surface area contributed by atoms with Gasteiger partial charge in [-0.2, -0.15) is 0 Å². The van der Waals surface area contributed by atoms with Gasteiger partial charge in [0.15, 0.2) is 0 Å². The number of carbonyl (C=O) groups is 1. The Kier molecular flexibility index (Phi) is 18.6. The van der Waals surface area contributed by atoms with Crippen molar-refractivity contribution in [3.8, 4) is 0 Å². The first-order chi connectivity index (χ1) is 19.4. The lowest BCUT2D eigenvalue weighted by Gasteiger charge is -2.29. The molecule has 0 amide bonds. The molecule has 3 N–H and O–H groups in total. The van der Waals surface area contributed by atoms with Crippen molar-refractivity contribution in [3.63, 3.8) is 0 Å². The van der Waals surface area contributed by atoms with Crippen LogP contribution in [0.4, 0.5) is 0 Å². The molecule has 0 saturated carbocycles. The average molecular weight is 577 g/mol. The highest BCUT2D eigenvalue weighted by molar-refractivity contribution is 5.69. The topological polar surface area (TPSA) is 87.0 Å². The third-order valence-corrected chi connectivity index (χ3v) is 9.08. The molecule has 0 aromatic heterocycles. The third kappa shape index (κ3) is 16.0. The van der Waals surface area contributed by atoms with Crippen molar-refractivity contribution in [2.45, 2.75) is 163 Å². The van der Waals surface area contributed by atoms with Gasteiger partial charge in [0.25, 0.3) is 0 Å². The van der Waals surface area contributed by atoms with Gasteiger partial charge in [0.1, 0.15) is 5.76 Å². The fourth-order valence-corrected chi connectivity index (χ4v) is 5.65. The van der Waals surface area contributed by atoms with Crippen LogP contribution in [0.25, 0.3) is 0 Å². The first-order valence-electron chi connectivity index (χ1n) is 16.7. The Morgan fingerprint density at radius 1 is 1.05 bits per heavy atom. The van der Waals surface area contributed by atoms with Crippen molar-refractivity contribution in [1.82, 2.24) is 0 Å². The Bertz CT molecular complexity index is 837. The summed E-state index contributed by atoms with van der Waals surface area (Å²) in [5.41, 5.74) is 3.02. The van der Waals surface area contributed by atoms with Crippen molar-refractivity contribution >= 4 is 5.97 Å². The quantitative estimate of drug-likeness (QED) is 0.0833. The zero-order valence-electron chi connectivity index (χ0n) is 27.6. The highest BCUT2D eigenvalue weighted by atomic mass is 16.5. The van der Waals surface area contributed by atoms with E-state index in [1.54, 1.807) is 6.92 Å². The van der Waals surface area contributed by atoms with Crippen LogP contribution in [-0.2, 0) is 9.53 Å². The Hall–Kier alpha value is -1.59. The lowest BCUT2D eigenvalue weighted by atomic mass is 9.84. The first-order valence-corrected chi connectivity index (χ1v) is 16.7. The van der Waals surface area contributed by atoms with Gasteiger partial charge in [0, 0.05) is 5.92 Å². The van der Waals surface area contributed by atoms with Crippen molar-refractivity contribution < 1.29 is 24.9 Å². The van der Waals surface area contributed by atoms with Crippen molar-refractivity contribution in [2.75, 3.05) is 6.61 Å². The van der Waals surface area contributed by atoms with Crippen LogP contribution in [0.15, 0.2) is 34.6 Å². The standard InChI is InChI=1S/C36H64O5/c1-8-9-10-11-12-13-25-41-34-31(6)30(5)33(37)26-32(34)22-21-28(3)18-14-17-27(2)19-15-23-36(7,40)24-16-20-29(4)35(38)39/h17,26,28-30,33,37,40H,8-16,18-25H2,1-7H3,(H,38,39)/b27-17+. The molecule has 238 valence electrons. The minimum absolute atomic E-state index is 0.105. The fourth-order valence-electron chi connectivity index (χ4n) is 5.65. The summed E-state index contributed by atoms with van der Waals surface area (Å²) in [6, 6.07) is 0. The summed E-state index contributed by atoms with van der Waals surface area (Å²) in [5, 5.41) is 30.3. The molecule has 1 aliphatic rings. The first kappa shape index (κ1) is 37.4. The highest BCUT2D eigenvalue weighted by Gasteiger charge is 2.26. The fraction of sp³-hybridized carbons (Fsp3) is 0.806. The number of aliphatic hydroxyl groups excluding tert-OH is 1. The predicted molar refractivity (Wildman–Crippen MR) is 172 cm³/mol. The minimum atomic E-state index is -0.760. The second-order valence-corrected chi connectivity index (χ2v) is 13.4. The molecule has 1 aliphatic carbocycles. The number of hydrogen-bond donors (Lipinski definition) is 3. The second kappa shape index (κ2) is 20.3. The molecule has 0 saturated heterocycles. The molecule has 5 unspecified atom stereocenters. The van der Waals surface area contributed by atoms with Crippen LogP contribution >= 0.6 is 0 Å². The molecule has 1 rings (SSSR count). The largest absolute Gasteiger partial charge is 0.493 e. The zero-order valence-corrected chi connectivity index (χ0v) is 27.6. The SMILES string of the molecule is CCCCCCCCOC1=C(C)C(C)C(O)C=C1CCC(C)CC/C=C(\C)CCCC(C)(O)CCCC(C)C(=O)O. The molecular formula is C36H64O5. The Morgan fingerprint density at radius 2 is 1.71 bits per heavy atom. The van der Waals surface area contributed by atoms with Crippen molar-refractivity contribution in [2.24, 2.45) is 17.8 Å². The summed E-state index contributed by atoms with van der Waals surface area (Å²) in [6.45, 7) is 15.3. The van der Waals surface area contributed by atoms with Crippen LogP contribution in [-0.4, -0.2) is 39.6 Å². The number of rotatable bonds is 23. The van der Waals surface area contributed by atoms with E-state index >= 15 is 0 Å². The van der Waals surface area contributed by atoms with Gasteiger partial charge in [0.05, 0.1) is 24.2 Å².